The minimum absolute atomic E-state index is 0.170. The molecule has 0 fully saturated rings. The highest BCUT2D eigenvalue weighted by atomic mass is 16.2. The van der Waals surface area contributed by atoms with Crippen molar-refractivity contribution in [3.05, 3.63) is 18.5 Å². The first kappa shape index (κ1) is 6.76. The van der Waals surface area contributed by atoms with Gasteiger partial charge >= 0.3 is 0 Å². The van der Waals surface area contributed by atoms with Gasteiger partial charge < -0.3 is 0 Å². The Labute approximate surface area is 57.8 Å². The molecule has 5 heteroatoms. The molecule has 0 unspecified atom stereocenters. The second kappa shape index (κ2) is 2.98. The van der Waals surface area contributed by atoms with Crippen LogP contribution in [-0.2, 0) is 11.3 Å². The van der Waals surface area contributed by atoms with Crippen LogP contribution < -0.4 is 11.3 Å². The first-order valence-electron chi connectivity index (χ1n) is 2.80. The van der Waals surface area contributed by atoms with E-state index in [1.54, 1.807) is 18.5 Å². The highest BCUT2D eigenvalue weighted by Crippen LogP contribution is 1.82. The van der Waals surface area contributed by atoms with Crippen molar-refractivity contribution in [3.8, 4) is 0 Å². The molecule has 0 aromatic carbocycles. The Bertz CT molecular complexity index is 205. The number of nitrogens with one attached hydrogen (secondary N) is 1. The fraction of sp³-hybridized carbons (Fsp3) is 0.200. The van der Waals surface area contributed by atoms with Crippen molar-refractivity contribution in [3.63, 3.8) is 0 Å². The molecule has 0 saturated carbocycles. The Hall–Kier alpha value is -1.36. The molecule has 0 bridgehead atoms. The molecule has 0 radical (unpaired) electrons. The number of amides is 1. The van der Waals surface area contributed by atoms with Gasteiger partial charge in [0.1, 0.15) is 6.54 Å². The third-order valence-electron chi connectivity index (χ3n) is 1.03. The van der Waals surface area contributed by atoms with Crippen LogP contribution in [0.4, 0.5) is 0 Å². The largest absolute Gasteiger partial charge is 0.293 e. The summed E-state index contributed by atoms with van der Waals surface area (Å²) in [6.07, 6.45) is 3.29. The lowest BCUT2D eigenvalue weighted by atomic mass is 10.6. The minimum atomic E-state index is -0.260. The predicted molar refractivity (Wildman–Crippen MR) is 34.6 cm³/mol. The molecule has 0 aliphatic heterocycles. The van der Waals surface area contributed by atoms with Crippen LogP contribution in [0.2, 0.25) is 0 Å². The monoisotopic (exact) mass is 140 g/mol. The SMILES string of the molecule is NNC(=O)Cn1cccn1. The van der Waals surface area contributed by atoms with Gasteiger partial charge in [-0.05, 0) is 6.07 Å². The van der Waals surface area contributed by atoms with E-state index in [2.05, 4.69) is 5.10 Å². The van der Waals surface area contributed by atoms with Gasteiger partial charge in [-0.25, -0.2) is 5.84 Å². The molecule has 5 nitrogen and oxygen atoms in total. The topological polar surface area (TPSA) is 72.9 Å². The van der Waals surface area contributed by atoms with Crippen LogP contribution in [0.15, 0.2) is 18.5 Å². The molecular formula is C5H8N4O. The molecule has 3 N–H and O–H groups in total. The second-order valence-electron chi connectivity index (χ2n) is 1.77. The van der Waals surface area contributed by atoms with Crippen LogP contribution in [0.3, 0.4) is 0 Å². The lowest BCUT2D eigenvalue weighted by molar-refractivity contribution is -0.121. The Morgan fingerprint density at radius 1 is 1.80 bits per heavy atom. The Morgan fingerprint density at radius 2 is 2.60 bits per heavy atom. The van der Waals surface area contributed by atoms with Crippen LogP contribution in [0.25, 0.3) is 0 Å². The lowest BCUT2D eigenvalue weighted by Crippen LogP contribution is -2.33. The highest BCUT2D eigenvalue weighted by Gasteiger charge is 1.97. The standard InChI is InChI=1S/C5H8N4O/c6-8-5(10)4-9-3-1-2-7-9/h1-3H,4,6H2,(H,8,10). The van der Waals surface area contributed by atoms with Crippen molar-refractivity contribution in [1.29, 1.82) is 0 Å². The molecule has 10 heavy (non-hydrogen) atoms. The van der Waals surface area contributed by atoms with E-state index in [0.29, 0.717) is 0 Å². The van der Waals surface area contributed by atoms with E-state index < -0.39 is 0 Å². The van der Waals surface area contributed by atoms with Gasteiger partial charge in [0.25, 0.3) is 5.91 Å². The van der Waals surface area contributed by atoms with Gasteiger partial charge in [-0.2, -0.15) is 5.10 Å². The zero-order chi connectivity index (χ0) is 7.40. The quantitative estimate of drug-likeness (QED) is 0.310. The van der Waals surface area contributed by atoms with E-state index in [-0.39, 0.29) is 12.5 Å². The molecule has 0 saturated heterocycles. The first-order valence-corrected chi connectivity index (χ1v) is 2.80. The van der Waals surface area contributed by atoms with Crippen molar-refractivity contribution >= 4 is 5.91 Å². The van der Waals surface area contributed by atoms with E-state index in [4.69, 9.17) is 5.84 Å². The Kier molecular flexibility index (Phi) is 2.01. The van der Waals surface area contributed by atoms with E-state index in [9.17, 15) is 4.79 Å². The summed E-state index contributed by atoms with van der Waals surface area (Å²) < 4.78 is 1.49. The van der Waals surface area contributed by atoms with Gasteiger partial charge in [-0.3, -0.25) is 14.9 Å². The van der Waals surface area contributed by atoms with E-state index >= 15 is 0 Å². The number of nitrogens with zero attached hydrogens (tertiary/aromatic N) is 2. The number of hydrazine groups is 1. The second-order valence-corrected chi connectivity index (χ2v) is 1.77. The number of carbonyl (C=O) groups is 1. The smallest absolute Gasteiger partial charge is 0.255 e. The number of nitrogens with two attached hydrogens (primary N) is 1. The first-order chi connectivity index (χ1) is 4.83. The predicted octanol–water partition coefficient (Wildman–Crippen LogP) is -1.13. The molecule has 0 atom stereocenters. The molecule has 54 valence electrons. The highest BCUT2D eigenvalue weighted by molar-refractivity contribution is 5.74. The lowest BCUT2D eigenvalue weighted by Gasteiger charge is -1.97. The van der Waals surface area contributed by atoms with Crippen molar-refractivity contribution in [2.45, 2.75) is 6.54 Å². The zero-order valence-corrected chi connectivity index (χ0v) is 5.32. The van der Waals surface area contributed by atoms with Crippen LogP contribution >= 0.6 is 0 Å². The molecule has 1 heterocycles. The Balaban J connectivity index is 2.48. The van der Waals surface area contributed by atoms with E-state index in [1.165, 1.54) is 4.68 Å². The molecule has 0 spiro atoms. The summed E-state index contributed by atoms with van der Waals surface area (Å²) in [5.74, 6) is 4.59. The van der Waals surface area contributed by atoms with Crippen LogP contribution in [0, 0.1) is 0 Å². The average molecular weight is 140 g/mol. The molecular weight excluding hydrogens is 132 g/mol. The molecule has 0 aliphatic rings. The fourth-order valence-electron chi connectivity index (χ4n) is 0.587. The molecule has 1 aromatic rings. The molecule has 1 aromatic heterocycles. The van der Waals surface area contributed by atoms with E-state index in [1.807, 2.05) is 5.43 Å². The third kappa shape index (κ3) is 1.56. The van der Waals surface area contributed by atoms with E-state index in [0.717, 1.165) is 0 Å². The van der Waals surface area contributed by atoms with Crippen LogP contribution in [0.5, 0.6) is 0 Å². The van der Waals surface area contributed by atoms with Gasteiger partial charge in [0.2, 0.25) is 0 Å². The third-order valence-corrected chi connectivity index (χ3v) is 1.03. The summed E-state index contributed by atoms with van der Waals surface area (Å²) in [5.41, 5.74) is 2.00. The summed E-state index contributed by atoms with van der Waals surface area (Å²) in [7, 11) is 0. The maximum absolute atomic E-state index is 10.6. The summed E-state index contributed by atoms with van der Waals surface area (Å²) in [4.78, 5) is 10.6. The van der Waals surface area contributed by atoms with Gasteiger partial charge in [0.05, 0.1) is 0 Å². The minimum Gasteiger partial charge on any atom is -0.293 e. The number of hydrogen-bond donors (Lipinski definition) is 2. The van der Waals surface area contributed by atoms with Crippen LogP contribution in [0.1, 0.15) is 0 Å². The van der Waals surface area contributed by atoms with Gasteiger partial charge in [0.15, 0.2) is 0 Å². The number of rotatable bonds is 2. The molecule has 1 rings (SSSR count). The normalized spacial score (nSPS) is 9.30. The summed E-state index contributed by atoms with van der Waals surface area (Å²) >= 11 is 0. The van der Waals surface area contributed by atoms with Gasteiger partial charge in [-0.1, -0.05) is 0 Å². The number of carbonyl (C=O) groups excluding carboxylic acids is 1. The Morgan fingerprint density at radius 3 is 3.10 bits per heavy atom. The average Bonchev–Trinajstić information content (AvgIpc) is 2.40. The number of aromatic nitrogens is 2. The van der Waals surface area contributed by atoms with Gasteiger partial charge in [0, 0.05) is 12.4 Å². The van der Waals surface area contributed by atoms with Crippen molar-refractivity contribution < 1.29 is 4.79 Å². The molecule has 1 amide bonds. The fourth-order valence-corrected chi connectivity index (χ4v) is 0.587. The summed E-state index contributed by atoms with van der Waals surface area (Å²) in [6, 6.07) is 1.74. The van der Waals surface area contributed by atoms with Crippen molar-refractivity contribution in [2.24, 2.45) is 5.84 Å². The van der Waals surface area contributed by atoms with Gasteiger partial charge in [-0.15, -0.1) is 0 Å². The van der Waals surface area contributed by atoms with Crippen molar-refractivity contribution in [1.82, 2.24) is 15.2 Å². The molecule has 0 aliphatic carbocycles. The summed E-state index contributed by atoms with van der Waals surface area (Å²) in [5, 5.41) is 3.80. The zero-order valence-electron chi connectivity index (χ0n) is 5.32. The summed E-state index contributed by atoms with van der Waals surface area (Å²) in [6.45, 7) is 0.170. The maximum atomic E-state index is 10.6. The maximum Gasteiger partial charge on any atom is 0.255 e. The van der Waals surface area contributed by atoms with Crippen LogP contribution in [-0.4, -0.2) is 15.7 Å². The van der Waals surface area contributed by atoms with Crippen molar-refractivity contribution in [2.75, 3.05) is 0 Å². The number of hydrogen-bond acceptors (Lipinski definition) is 3.